The Labute approximate surface area is 87.4 Å². The lowest BCUT2D eigenvalue weighted by Crippen LogP contribution is -2.33. The molecule has 4 heteroatoms. The number of aliphatic imine (C=N–C) groups is 1. The molecule has 1 unspecified atom stereocenters. The van der Waals surface area contributed by atoms with E-state index in [4.69, 9.17) is 0 Å². The zero-order chi connectivity index (χ0) is 10.4. The van der Waals surface area contributed by atoms with Gasteiger partial charge in [-0.15, -0.1) is 0 Å². The second-order valence-corrected chi connectivity index (χ2v) is 3.92. The van der Waals surface area contributed by atoms with Crippen LogP contribution in [-0.2, 0) is 6.42 Å². The van der Waals surface area contributed by atoms with Crippen molar-refractivity contribution in [1.29, 1.82) is 0 Å². The van der Waals surface area contributed by atoms with Gasteiger partial charge in [-0.3, -0.25) is 5.32 Å². The summed E-state index contributed by atoms with van der Waals surface area (Å²) in [7, 11) is 0. The Morgan fingerprint density at radius 2 is 2.33 bits per heavy atom. The maximum Gasteiger partial charge on any atom is 0.320 e. The number of hydrogen-bond donors (Lipinski definition) is 2. The van der Waals surface area contributed by atoms with Crippen LogP contribution in [0.1, 0.15) is 11.1 Å². The van der Waals surface area contributed by atoms with E-state index in [1.807, 2.05) is 12.1 Å². The Kier molecular flexibility index (Phi) is 1.59. The first-order valence-electron chi connectivity index (χ1n) is 4.98. The molecule has 2 aliphatic heterocycles. The SMILES string of the molecule is Cc1cccc2c1CC1NC(=O)NC1=N2. The number of fused-ring (bicyclic) bond motifs is 2. The highest BCUT2D eigenvalue weighted by atomic mass is 16.2. The average molecular weight is 201 g/mol. The van der Waals surface area contributed by atoms with Gasteiger partial charge < -0.3 is 5.32 Å². The van der Waals surface area contributed by atoms with Gasteiger partial charge in [0.1, 0.15) is 5.84 Å². The lowest BCUT2D eigenvalue weighted by atomic mass is 9.96. The summed E-state index contributed by atoms with van der Waals surface area (Å²) in [6.07, 6.45) is 0.833. The zero-order valence-corrected chi connectivity index (χ0v) is 8.37. The summed E-state index contributed by atoms with van der Waals surface area (Å²) in [5.41, 5.74) is 3.44. The van der Waals surface area contributed by atoms with Gasteiger partial charge in [0.2, 0.25) is 0 Å². The largest absolute Gasteiger partial charge is 0.328 e. The summed E-state index contributed by atoms with van der Waals surface area (Å²) in [5, 5.41) is 5.56. The number of hydrogen-bond acceptors (Lipinski definition) is 2. The Morgan fingerprint density at radius 1 is 1.47 bits per heavy atom. The molecular formula is C11H11N3O. The van der Waals surface area contributed by atoms with Crippen molar-refractivity contribution in [1.82, 2.24) is 10.6 Å². The Bertz CT molecular complexity index is 479. The fourth-order valence-corrected chi connectivity index (χ4v) is 2.11. The van der Waals surface area contributed by atoms with Crippen LogP contribution in [0.4, 0.5) is 10.5 Å². The third-order valence-corrected chi connectivity index (χ3v) is 2.91. The molecule has 2 heterocycles. The molecule has 4 nitrogen and oxygen atoms in total. The predicted molar refractivity (Wildman–Crippen MR) is 57.4 cm³/mol. The molecule has 1 aromatic rings. The smallest absolute Gasteiger partial charge is 0.320 e. The average Bonchev–Trinajstić information content (AvgIpc) is 2.55. The normalized spacial score (nSPS) is 22.3. The molecule has 2 amide bonds. The number of benzene rings is 1. The van der Waals surface area contributed by atoms with Crippen molar-refractivity contribution in [2.24, 2.45) is 4.99 Å². The zero-order valence-electron chi connectivity index (χ0n) is 8.37. The van der Waals surface area contributed by atoms with Crippen molar-refractivity contribution in [2.45, 2.75) is 19.4 Å². The fourth-order valence-electron chi connectivity index (χ4n) is 2.11. The van der Waals surface area contributed by atoms with Crippen LogP contribution in [0.3, 0.4) is 0 Å². The summed E-state index contributed by atoms with van der Waals surface area (Å²) < 4.78 is 0. The second-order valence-electron chi connectivity index (χ2n) is 3.92. The van der Waals surface area contributed by atoms with Crippen molar-refractivity contribution < 1.29 is 4.79 Å². The minimum Gasteiger partial charge on any atom is -0.328 e. The van der Waals surface area contributed by atoms with Crippen LogP contribution in [0, 0.1) is 6.92 Å². The quantitative estimate of drug-likeness (QED) is 0.652. The molecule has 0 radical (unpaired) electrons. The predicted octanol–water partition coefficient (Wildman–Crippen LogP) is 1.26. The van der Waals surface area contributed by atoms with E-state index in [1.165, 1.54) is 11.1 Å². The molecule has 0 saturated carbocycles. The Balaban J connectivity index is 2.10. The van der Waals surface area contributed by atoms with E-state index in [2.05, 4.69) is 28.6 Å². The van der Waals surface area contributed by atoms with Gasteiger partial charge in [0, 0.05) is 6.42 Å². The molecular weight excluding hydrogens is 190 g/mol. The van der Waals surface area contributed by atoms with Gasteiger partial charge in [-0.2, -0.15) is 0 Å². The number of nitrogens with zero attached hydrogens (tertiary/aromatic N) is 1. The number of nitrogens with one attached hydrogen (secondary N) is 2. The molecule has 0 bridgehead atoms. The molecule has 0 aliphatic carbocycles. The molecule has 1 fully saturated rings. The van der Waals surface area contributed by atoms with E-state index < -0.39 is 0 Å². The highest BCUT2D eigenvalue weighted by Crippen LogP contribution is 2.28. The van der Waals surface area contributed by atoms with Gasteiger partial charge in [-0.25, -0.2) is 9.79 Å². The van der Waals surface area contributed by atoms with Crippen molar-refractivity contribution in [3.8, 4) is 0 Å². The van der Waals surface area contributed by atoms with E-state index in [9.17, 15) is 4.79 Å². The van der Waals surface area contributed by atoms with E-state index >= 15 is 0 Å². The highest BCUT2D eigenvalue weighted by molar-refractivity contribution is 6.09. The molecule has 0 spiro atoms. The summed E-state index contributed by atoms with van der Waals surface area (Å²) in [6.45, 7) is 2.07. The van der Waals surface area contributed by atoms with E-state index in [1.54, 1.807) is 0 Å². The highest BCUT2D eigenvalue weighted by Gasteiger charge is 2.31. The van der Waals surface area contributed by atoms with Crippen molar-refractivity contribution in [3.63, 3.8) is 0 Å². The molecule has 2 aliphatic rings. The van der Waals surface area contributed by atoms with E-state index in [0.29, 0.717) is 0 Å². The minimum atomic E-state index is -0.149. The number of amides is 2. The van der Waals surface area contributed by atoms with Crippen LogP contribution in [0.25, 0.3) is 0 Å². The van der Waals surface area contributed by atoms with Gasteiger partial charge in [-0.05, 0) is 24.1 Å². The van der Waals surface area contributed by atoms with Crippen LogP contribution < -0.4 is 10.6 Å². The molecule has 0 aromatic heterocycles. The first-order valence-corrected chi connectivity index (χ1v) is 4.98. The van der Waals surface area contributed by atoms with Gasteiger partial charge in [-0.1, -0.05) is 12.1 Å². The number of aryl methyl sites for hydroxylation is 1. The van der Waals surface area contributed by atoms with Crippen molar-refractivity contribution >= 4 is 17.6 Å². The fraction of sp³-hybridized carbons (Fsp3) is 0.273. The number of rotatable bonds is 0. The summed E-state index contributed by atoms with van der Waals surface area (Å²) in [6, 6.07) is 5.93. The third-order valence-electron chi connectivity index (χ3n) is 2.91. The lowest BCUT2D eigenvalue weighted by Gasteiger charge is -2.19. The lowest BCUT2D eigenvalue weighted by molar-refractivity contribution is 0.248. The molecule has 1 aromatic carbocycles. The van der Waals surface area contributed by atoms with Crippen LogP contribution in [0.15, 0.2) is 23.2 Å². The monoisotopic (exact) mass is 201 g/mol. The molecule has 3 rings (SSSR count). The van der Waals surface area contributed by atoms with Crippen LogP contribution >= 0.6 is 0 Å². The number of carbonyl (C=O) groups excluding carboxylic acids is 1. The first-order chi connectivity index (χ1) is 7.24. The van der Waals surface area contributed by atoms with Gasteiger partial charge in [0.15, 0.2) is 0 Å². The van der Waals surface area contributed by atoms with Crippen LogP contribution in [0.5, 0.6) is 0 Å². The van der Waals surface area contributed by atoms with E-state index in [-0.39, 0.29) is 12.1 Å². The number of carbonyl (C=O) groups is 1. The molecule has 1 saturated heterocycles. The summed E-state index contributed by atoms with van der Waals surface area (Å²) in [5.74, 6) is 0.748. The third kappa shape index (κ3) is 1.21. The van der Waals surface area contributed by atoms with Crippen LogP contribution in [-0.4, -0.2) is 17.9 Å². The standard InChI is InChI=1S/C11H11N3O/c1-6-3-2-4-8-7(6)5-9-10(12-8)14-11(15)13-9/h2-4,9H,5H2,1H3,(H2,12,13,14,15). The maximum absolute atomic E-state index is 11.1. The van der Waals surface area contributed by atoms with Crippen molar-refractivity contribution in [3.05, 3.63) is 29.3 Å². The molecule has 76 valence electrons. The minimum absolute atomic E-state index is 0.0334. The van der Waals surface area contributed by atoms with Crippen LogP contribution in [0.2, 0.25) is 0 Å². The Hall–Kier alpha value is -1.84. The van der Waals surface area contributed by atoms with Crippen molar-refractivity contribution in [2.75, 3.05) is 0 Å². The molecule has 2 N–H and O–H groups in total. The first kappa shape index (κ1) is 8.47. The number of urea groups is 1. The van der Waals surface area contributed by atoms with Gasteiger partial charge >= 0.3 is 6.03 Å². The molecule has 15 heavy (non-hydrogen) atoms. The maximum atomic E-state index is 11.1. The Morgan fingerprint density at radius 3 is 3.20 bits per heavy atom. The van der Waals surface area contributed by atoms with Gasteiger partial charge in [0.25, 0.3) is 0 Å². The van der Waals surface area contributed by atoms with E-state index in [0.717, 1.165) is 17.9 Å². The summed E-state index contributed by atoms with van der Waals surface area (Å²) >= 11 is 0. The number of amidine groups is 1. The molecule has 1 atom stereocenters. The summed E-state index contributed by atoms with van der Waals surface area (Å²) in [4.78, 5) is 15.6. The second kappa shape index (κ2) is 2.82. The topological polar surface area (TPSA) is 53.5 Å². The van der Waals surface area contributed by atoms with Gasteiger partial charge in [0.05, 0.1) is 11.7 Å².